The highest BCUT2D eigenvalue weighted by Crippen LogP contribution is 1.95. The van der Waals surface area contributed by atoms with Crippen molar-refractivity contribution in [3.8, 4) is 0 Å². The summed E-state index contributed by atoms with van der Waals surface area (Å²) in [6.07, 6.45) is 4.67. The molecule has 0 aliphatic carbocycles. The normalized spacial score (nSPS) is 9.41. The van der Waals surface area contributed by atoms with Crippen molar-refractivity contribution in [1.82, 2.24) is 15.3 Å². The molecule has 7 heteroatoms. The monoisotopic (exact) mass is 261 g/mol. The Morgan fingerprint density at radius 2 is 2.18 bits per heavy atom. The van der Waals surface area contributed by atoms with Crippen LogP contribution < -0.4 is 5.32 Å². The number of halogens is 1. The van der Waals surface area contributed by atoms with Gasteiger partial charge in [0.05, 0.1) is 6.33 Å². The van der Waals surface area contributed by atoms with Crippen molar-refractivity contribution in [1.29, 1.82) is 0 Å². The van der Waals surface area contributed by atoms with Crippen LogP contribution in [0, 0.1) is 0 Å². The molecule has 1 heterocycles. The summed E-state index contributed by atoms with van der Waals surface area (Å²) in [6, 6.07) is 0. The molecule has 1 aromatic heterocycles. The van der Waals surface area contributed by atoms with Crippen molar-refractivity contribution in [3.63, 3.8) is 0 Å². The summed E-state index contributed by atoms with van der Waals surface area (Å²) in [6.45, 7) is 0.536. The number of H-pyrrole nitrogens is 1. The second-order valence-corrected chi connectivity index (χ2v) is 3.42. The minimum Gasteiger partial charge on any atom is -0.481 e. The van der Waals surface area contributed by atoms with Gasteiger partial charge >= 0.3 is 5.97 Å². The van der Waals surface area contributed by atoms with Crippen molar-refractivity contribution in [2.45, 2.75) is 25.7 Å². The van der Waals surface area contributed by atoms with E-state index in [-0.39, 0.29) is 31.2 Å². The number of hydrogen-bond acceptors (Lipinski definition) is 3. The first-order valence-electron chi connectivity index (χ1n) is 5.14. The van der Waals surface area contributed by atoms with Crippen LogP contribution >= 0.6 is 12.4 Å². The number of nitrogens with one attached hydrogen (secondary N) is 2. The second-order valence-electron chi connectivity index (χ2n) is 3.42. The number of rotatable bonds is 7. The molecule has 0 saturated heterocycles. The van der Waals surface area contributed by atoms with E-state index in [0.717, 1.165) is 5.69 Å². The van der Waals surface area contributed by atoms with Gasteiger partial charge in [0.25, 0.3) is 0 Å². The number of carboxylic acids is 1. The molecule has 0 spiro atoms. The third kappa shape index (κ3) is 7.35. The molecule has 0 unspecified atom stereocenters. The number of imidazole rings is 1. The van der Waals surface area contributed by atoms with E-state index in [0.29, 0.717) is 19.4 Å². The van der Waals surface area contributed by atoms with Crippen LogP contribution in [0.2, 0.25) is 0 Å². The van der Waals surface area contributed by atoms with Crippen LogP contribution in [0.1, 0.15) is 25.0 Å². The standard InChI is InChI=1S/C10H15N3O3.ClH/c14-9(2-1-3-10(15)16)12-5-4-8-6-11-7-13-8;/h6-7H,1-5H2,(H,11,13)(H,12,14)(H,15,16);1H. The minimum absolute atomic E-state index is 0. The summed E-state index contributed by atoms with van der Waals surface area (Å²) >= 11 is 0. The molecule has 3 N–H and O–H groups in total. The minimum atomic E-state index is -0.870. The van der Waals surface area contributed by atoms with E-state index in [1.54, 1.807) is 12.5 Å². The molecular formula is C10H16ClN3O3. The van der Waals surface area contributed by atoms with E-state index in [1.165, 1.54) is 0 Å². The number of carbonyl (C=O) groups is 2. The predicted octanol–water partition coefficient (Wildman–Crippen LogP) is 0.745. The number of aromatic nitrogens is 2. The number of nitrogens with zero attached hydrogens (tertiary/aromatic N) is 1. The van der Waals surface area contributed by atoms with Gasteiger partial charge in [-0.25, -0.2) is 4.98 Å². The number of amides is 1. The SMILES string of the molecule is Cl.O=C(O)CCCC(=O)NCCc1cnc[nH]1. The molecule has 0 radical (unpaired) electrons. The fourth-order valence-corrected chi connectivity index (χ4v) is 1.25. The third-order valence-electron chi connectivity index (χ3n) is 2.07. The highest BCUT2D eigenvalue weighted by atomic mass is 35.5. The Hall–Kier alpha value is -1.56. The first kappa shape index (κ1) is 15.4. The van der Waals surface area contributed by atoms with Crippen molar-refractivity contribution in [2.24, 2.45) is 0 Å². The Kier molecular flexibility index (Phi) is 7.79. The number of aliphatic carboxylic acids is 1. The Morgan fingerprint density at radius 3 is 2.76 bits per heavy atom. The summed E-state index contributed by atoms with van der Waals surface area (Å²) in [5, 5.41) is 11.1. The van der Waals surface area contributed by atoms with Gasteiger partial charge in [0, 0.05) is 37.7 Å². The summed E-state index contributed by atoms with van der Waals surface area (Å²) in [5.41, 5.74) is 0.964. The van der Waals surface area contributed by atoms with Gasteiger partial charge < -0.3 is 15.4 Å². The molecule has 0 aromatic carbocycles. The van der Waals surface area contributed by atoms with E-state index in [9.17, 15) is 9.59 Å². The van der Waals surface area contributed by atoms with Crippen molar-refractivity contribution < 1.29 is 14.7 Å². The Morgan fingerprint density at radius 1 is 1.41 bits per heavy atom. The Bertz CT molecular complexity index is 341. The van der Waals surface area contributed by atoms with Gasteiger partial charge in [-0.2, -0.15) is 0 Å². The van der Waals surface area contributed by atoms with Crippen LogP contribution in [0.5, 0.6) is 0 Å². The zero-order valence-corrected chi connectivity index (χ0v) is 10.1. The first-order valence-corrected chi connectivity index (χ1v) is 5.14. The number of aromatic amines is 1. The van der Waals surface area contributed by atoms with Gasteiger partial charge in [-0.1, -0.05) is 0 Å². The summed E-state index contributed by atoms with van der Waals surface area (Å²) in [7, 11) is 0. The zero-order valence-electron chi connectivity index (χ0n) is 9.31. The second kappa shape index (κ2) is 8.58. The van der Waals surface area contributed by atoms with Gasteiger partial charge in [0.1, 0.15) is 0 Å². The molecule has 1 rings (SSSR count). The van der Waals surface area contributed by atoms with Crippen LogP contribution in [0.4, 0.5) is 0 Å². The van der Waals surface area contributed by atoms with Gasteiger partial charge in [0.15, 0.2) is 0 Å². The fraction of sp³-hybridized carbons (Fsp3) is 0.500. The van der Waals surface area contributed by atoms with Crippen molar-refractivity contribution in [2.75, 3.05) is 6.54 Å². The van der Waals surface area contributed by atoms with Crippen LogP contribution in [-0.4, -0.2) is 33.5 Å². The first-order chi connectivity index (χ1) is 7.68. The summed E-state index contributed by atoms with van der Waals surface area (Å²) < 4.78 is 0. The molecule has 0 aliphatic heterocycles. The van der Waals surface area contributed by atoms with E-state index in [1.807, 2.05) is 0 Å². The lowest BCUT2D eigenvalue weighted by Crippen LogP contribution is -2.25. The maximum atomic E-state index is 11.2. The predicted molar refractivity (Wildman–Crippen MR) is 64.0 cm³/mol. The quantitative estimate of drug-likeness (QED) is 0.675. The lowest BCUT2D eigenvalue weighted by atomic mass is 10.2. The molecule has 6 nitrogen and oxygen atoms in total. The molecule has 96 valence electrons. The van der Waals surface area contributed by atoms with Crippen LogP contribution in [0.15, 0.2) is 12.5 Å². The number of hydrogen-bond donors (Lipinski definition) is 3. The maximum Gasteiger partial charge on any atom is 0.303 e. The summed E-state index contributed by atoms with van der Waals surface area (Å²) in [5.74, 6) is -0.981. The van der Waals surface area contributed by atoms with Gasteiger partial charge in [-0.15, -0.1) is 12.4 Å². The van der Waals surface area contributed by atoms with Crippen molar-refractivity contribution >= 4 is 24.3 Å². The lowest BCUT2D eigenvalue weighted by molar-refractivity contribution is -0.137. The lowest BCUT2D eigenvalue weighted by Gasteiger charge is -2.03. The smallest absolute Gasteiger partial charge is 0.303 e. The Balaban J connectivity index is 0.00000256. The summed E-state index contributed by atoms with van der Waals surface area (Å²) in [4.78, 5) is 28.2. The van der Waals surface area contributed by atoms with E-state index in [2.05, 4.69) is 15.3 Å². The molecule has 1 aromatic rings. The average Bonchev–Trinajstić information content (AvgIpc) is 2.70. The third-order valence-corrected chi connectivity index (χ3v) is 2.07. The number of carboxylic acid groups (broad SMARTS) is 1. The molecular weight excluding hydrogens is 246 g/mol. The van der Waals surface area contributed by atoms with Crippen LogP contribution in [0.25, 0.3) is 0 Å². The number of carbonyl (C=O) groups excluding carboxylic acids is 1. The van der Waals surface area contributed by atoms with E-state index < -0.39 is 5.97 Å². The fourth-order valence-electron chi connectivity index (χ4n) is 1.25. The van der Waals surface area contributed by atoms with Crippen LogP contribution in [-0.2, 0) is 16.0 Å². The zero-order chi connectivity index (χ0) is 11.8. The molecule has 0 atom stereocenters. The molecule has 0 aliphatic rings. The molecule has 1 amide bonds. The van der Waals surface area contributed by atoms with Crippen LogP contribution in [0.3, 0.4) is 0 Å². The van der Waals surface area contributed by atoms with Gasteiger partial charge in [0.2, 0.25) is 5.91 Å². The Labute approximate surface area is 105 Å². The average molecular weight is 262 g/mol. The highest BCUT2D eigenvalue weighted by molar-refractivity contribution is 5.85. The highest BCUT2D eigenvalue weighted by Gasteiger charge is 2.03. The largest absolute Gasteiger partial charge is 0.481 e. The molecule has 17 heavy (non-hydrogen) atoms. The maximum absolute atomic E-state index is 11.2. The molecule has 0 bridgehead atoms. The van der Waals surface area contributed by atoms with E-state index >= 15 is 0 Å². The topological polar surface area (TPSA) is 95.1 Å². The van der Waals surface area contributed by atoms with Gasteiger partial charge in [-0.3, -0.25) is 9.59 Å². The van der Waals surface area contributed by atoms with Gasteiger partial charge in [-0.05, 0) is 6.42 Å². The van der Waals surface area contributed by atoms with Crippen molar-refractivity contribution in [3.05, 3.63) is 18.2 Å². The van der Waals surface area contributed by atoms with E-state index in [4.69, 9.17) is 5.11 Å². The molecule has 0 fully saturated rings. The molecule has 0 saturated carbocycles.